The first-order chi connectivity index (χ1) is 16.1. The van der Waals surface area contributed by atoms with Crippen molar-refractivity contribution in [2.24, 2.45) is 0 Å². The Morgan fingerprint density at radius 2 is 1.06 bits per heavy atom. The maximum Gasteiger partial charge on any atom is 0.314 e. The summed E-state index contributed by atoms with van der Waals surface area (Å²) in [5.41, 5.74) is 4.08. The van der Waals surface area contributed by atoms with E-state index in [9.17, 15) is 4.79 Å². The van der Waals surface area contributed by atoms with Crippen LogP contribution >= 0.6 is 0 Å². The van der Waals surface area contributed by atoms with Gasteiger partial charge in [0.05, 0.1) is 5.92 Å². The maximum absolute atomic E-state index is 13.5. The van der Waals surface area contributed by atoms with E-state index >= 15 is 0 Å². The van der Waals surface area contributed by atoms with Gasteiger partial charge in [0.15, 0.2) is 6.10 Å². The summed E-state index contributed by atoms with van der Waals surface area (Å²) in [5, 5.41) is 4.44. The van der Waals surface area contributed by atoms with Gasteiger partial charge in [0, 0.05) is 11.1 Å². The zero-order valence-corrected chi connectivity index (χ0v) is 18.9. The number of benzene rings is 5. The molecule has 0 saturated heterocycles. The van der Waals surface area contributed by atoms with Crippen LogP contribution in [0.4, 0.5) is 0 Å². The van der Waals surface area contributed by atoms with Gasteiger partial charge in [-0.2, -0.15) is 0 Å². The zero-order chi connectivity index (χ0) is 22.8. The van der Waals surface area contributed by atoms with Gasteiger partial charge in [-0.25, -0.2) is 0 Å². The summed E-state index contributed by atoms with van der Waals surface area (Å²) in [6.45, 7) is 3.96. The Labute approximate surface area is 194 Å². The van der Waals surface area contributed by atoms with Gasteiger partial charge in [0.2, 0.25) is 0 Å². The highest BCUT2D eigenvalue weighted by Crippen LogP contribution is 2.37. The van der Waals surface area contributed by atoms with E-state index in [0.717, 1.165) is 43.8 Å². The molecule has 0 unspecified atom stereocenters. The summed E-state index contributed by atoms with van der Waals surface area (Å²) < 4.78 is 6.37. The molecule has 2 heteroatoms. The summed E-state index contributed by atoms with van der Waals surface area (Å²) in [4.78, 5) is 13.5. The number of carbonyl (C=O) groups excluding carboxylic acids is 1. The van der Waals surface area contributed by atoms with Crippen LogP contribution < -0.4 is 0 Å². The molecular formula is C31H26O2. The lowest BCUT2D eigenvalue weighted by molar-refractivity contribution is -0.148. The first kappa shape index (κ1) is 21.0. The van der Waals surface area contributed by atoms with Crippen molar-refractivity contribution in [1.29, 1.82) is 0 Å². The zero-order valence-electron chi connectivity index (χ0n) is 18.9. The largest absolute Gasteiger partial charge is 0.452 e. The Morgan fingerprint density at radius 1 is 0.606 bits per heavy atom. The number of hydrogen-bond acceptors (Lipinski definition) is 2. The molecule has 5 aromatic carbocycles. The number of ether oxygens (including phenoxy) is 1. The monoisotopic (exact) mass is 430 g/mol. The minimum Gasteiger partial charge on any atom is -0.452 e. The second-order valence-electron chi connectivity index (χ2n) is 8.53. The highest BCUT2D eigenvalue weighted by molar-refractivity contribution is 5.90. The van der Waals surface area contributed by atoms with E-state index in [1.165, 1.54) is 0 Å². The van der Waals surface area contributed by atoms with Crippen molar-refractivity contribution in [3.63, 3.8) is 0 Å². The molecule has 5 rings (SSSR count). The van der Waals surface area contributed by atoms with Gasteiger partial charge in [0.25, 0.3) is 0 Å². The normalized spacial score (nSPS) is 12.2. The van der Waals surface area contributed by atoms with Crippen LogP contribution in [-0.4, -0.2) is 5.97 Å². The summed E-state index contributed by atoms with van der Waals surface area (Å²) in [6, 6.07) is 36.9. The molecule has 0 saturated carbocycles. The van der Waals surface area contributed by atoms with Crippen molar-refractivity contribution in [2.75, 3.05) is 0 Å². The van der Waals surface area contributed by atoms with Crippen molar-refractivity contribution in [1.82, 2.24) is 0 Å². The molecule has 0 radical (unpaired) electrons. The lowest BCUT2D eigenvalue weighted by Crippen LogP contribution is -2.19. The molecule has 0 amide bonds. The third-order valence-electron chi connectivity index (χ3n) is 6.45. The highest BCUT2D eigenvalue weighted by atomic mass is 16.5. The van der Waals surface area contributed by atoms with Crippen molar-refractivity contribution in [3.8, 4) is 0 Å². The van der Waals surface area contributed by atoms with Crippen LogP contribution in [0.1, 0.15) is 41.2 Å². The van der Waals surface area contributed by atoms with Crippen LogP contribution in [-0.2, 0) is 9.53 Å². The van der Waals surface area contributed by atoms with E-state index in [0.29, 0.717) is 0 Å². The molecule has 0 fully saturated rings. The average molecular weight is 431 g/mol. The van der Waals surface area contributed by atoms with Crippen molar-refractivity contribution >= 4 is 27.5 Å². The molecule has 0 aromatic heterocycles. The molecule has 2 nitrogen and oxygen atoms in total. The molecule has 0 aliphatic rings. The van der Waals surface area contributed by atoms with Gasteiger partial charge >= 0.3 is 5.97 Å². The molecule has 0 heterocycles. The van der Waals surface area contributed by atoms with Crippen molar-refractivity contribution in [2.45, 2.75) is 25.9 Å². The molecule has 1 atom stereocenters. The minimum atomic E-state index is -0.513. The van der Waals surface area contributed by atoms with Crippen molar-refractivity contribution < 1.29 is 9.53 Å². The second kappa shape index (κ2) is 8.91. The van der Waals surface area contributed by atoms with Gasteiger partial charge in [-0.05, 0) is 46.5 Å². The second-order valence-corrected chi connectivity index (χ2v) is 8.53. The third kappa shape index (κ3) is 4.01. The predicted octanol–water partition coefficient (Wildman–Crippen LogP) is 7.74. The molecule has 0 bridgehead atoms. The van der Waals surface area contributed by atoms with Crippen molar-refractivity contribution in [3.05, 3.63) is 131 Å². The fourth-order valence-electron chi connectivity index (χ4n) is 4.67. The number of aryl methyl sites for hydroxylation is 1. The molecule has 0 N–H and O–H groups in total. The quantitative estimate of drug-likeness (QED) is 0.267. The topological polar surface area (TPSA) is 26.3 Å². The number of fused-ring (bicyclic) bond motifs is 2. The first-order valence-electron chi connectivity index (χ1n) is 11.3. The van der Waals surface area contributed by atoms with Crippen LogP contribution in [0.15, 0.2) is 109 Å². The molecule has 5 aromatic rings. The summed E-state index contributed by atoms with van der Waals surface area (Å²) in [7, 11) is 0. The number of carbonyl (C=O) groups is 1. The van der Waals surface area contributed by atoms with Gasteiger partial charge in [0.1, 0.15) is 0 Å². The van der Waals surface area contributed by atoms with Gasteiger partial charge in [-0.3, -0.25) is 4.79 Å². The molecule has 0 aliphatic heterocycles. The standard InChI is InChI=1S/C31H26O2/c1-21-11-3-6-16-25(21)22(2)31(32)33-30(28-19-9-14-23-12-4-7-17-26(23)28)29-20-10-15-24-13-5-8-18-27(24)29/h3-20,22,30H,1-2H3/t22-/m1/s1. The maximum atomic E-state index is 13.5. The average Bonchev–Trinajstić information content (AvgIpc) is 2.86. The van der Waals surface area contributed by atoms with E-state index < -0.39 is 6.10 Å². The highest BCUT2D eigenvalue weighted by Gasteiger charge is 2.27. The van der Waals surface area contributed by atoms with Crippen LogP contribution in [0.3, 0.4) is 0 Å². The van der Waals surface area contributed by atoms with E-state index in [-0.39, 0.29) is 11.9 Å². The van der Waals surface area contributed by atoms with Gasteiger partial charge in [-0.1, -0.05) is 109 Å². The van der Waals surface area contributed by atoms with Crippen LogP contribution in [0, 0.1) is 6.92 Å². The smallest absolute Gasteiger partial charge is 0.314 e. The van der Waals surface area contributed by atoms with Gasteiger partial charge in [-0.15, -0.1) is 0 Å². The molecular weight excluding hydrogens is 404 g/mol. The Morgan fingerprint density at radius 3 is 1.64 bits per heavy atom. The Kier molecular flexibility index (Phi) is 5.66. The molecule has 162 valence electrons. The van der Waals surface area contributed by atoms with E-state index in [1.807, 2.05) is 74.5 Å². The minimum absolute atomic E-state index is 0.227. The van der Waals surface area contributed by atoms with Crippen LogP contribution in [0.25, 0.3) is 21.5 Å². The fourth-order valence-corrected chi connectivity index (χ4v) is 4.67. The van der Waals surface area contributed by atoms with E-state index in [1.54, 1.807) is 0 Å². The lowest BCUT2D eigenvalue weighted by atomic mass is 9.92. The summed E-state index contributed by atoms with van der Waals surface area (Å²) in [5.74, 6) is -0.589. The Hall–Kier alpha value is -3.91. The predicted molar refractivity (Wildman–Crippen MR) is 135 cm³/mol. The number of esters is 1. The molecule has 0 aliphatic carbocycles. The van der Waals surface area contributed by atoms with Crippen LogP contribution in [0.5, 0.6) is 0 Å². The van der Waals surface area contributed by atoms with Gasteiger partial charge < -0.3 is 4.74 Å². The Bertz CT molecular complexity index is 1360. The Balaban J connectivity index is 1.65. The van der Waals surface area contributed by atoms with E-state index in [2.05, 4.69) is 48.5 Å². The SMILES string of the molecule is Cc1ccccc1[C@@H](C)C(=O)OC(c1cccc2ccccc12)c1cccc2ccccc12. The molecule has 0 spiro atoms. The summed E-state index contributed by atoms with van der Waals surface area (Å²) >= 11 is 0. The fraction of sp³-hybridized carbons (Fsp3) is 0.129. The first-order valence-corrected chi connectivity index (χ1v) is 11.3. The molecule has 33 heavy (non-hydrogen) atoms. The third-order valence-corrected chi connectivity index (χ3v) is 6.45. The van der Waals surface area contributed by atoms with E-state index in [4.69, 9.17) is 4.74 Å². The number of rotatable bonds is 5. The lowest BCUT2D eigenvalue weighted by Gasteiger charge is -2.24. The summed E-state index contributed by atoms with van der Waals surface area (Å²) in [6.07, 6.45) is -0.513. The number of hydrogen-bond donors (Lipinski definition) is 0. The van der Waals surface area contributed by atoms with Crippen LogP contribution in [0.2, 0.25) is 0 Å².